The number of para-hydroxylation sites is 1. The van der Waals surface area contributed by atoms with Gasteiger partial charge in [-0.15, -0.1) is 0 Å². The smallest absolute Gasteiger partial charge is 0.235 e. The molecule has 1 fully saturated rings. The number of hydrogen-bond donors (Lipinski definition) is 2. The van der Waals surface area contributed by atoms with Crippen molar-refractivity contribution in [2.75, 3.05) is 11.1 Å². The van der Waals surface area contributed by atoms with Gasteiger partial charge in [0.25, 0.3) is 0 Å². The number of carbonyl (C=O) groups is 1. The van der Waals surface area contributed by atoms with Crippen LogP contribution in [0.5, 0.6) is 0 Å². The summed E-state index contributed by atoms with van der Waals surface area (Å²) in [7, 11) is 0. The topological polar surface area (TPSA) is 55.1 Å². The minimum Gasteiger partial charge on any atom is -0.399 e. The molecule has 3 rings (SSSR count). The van der Waals surface area contributed by atoms with E-state index >= 15 is 0 Å². The molecule has 3 N–H and O–H groups in total. The van der Waals surface area contributed by atoms with E-state index in [4.69, 9.17) is 5.73 Å². The molecule has 1 amide bonds. The van der Waals surface area contributed by atoms with Gasteiger partial charge in [0.1, 0.15) is 0 Å². The predicted octanol–water partition coefficient (Wildman–Crippen LogP) is 3.54. The van der Waals surface area contributed by atoms with Crippen molar-refractivity contribution in [3.05, 3.63) is 57.7 Å². The molecule has 1 aliphatic rings. The molecule has 0 aromatic heterocycles. The Balaban J connectivity index is 1.84. The van der Waals surface area contributed by atoms with Crippen LogP contribution in [-0.4, -0.2) is 5.91 Å². The number of nitrogens with two attached hydrogens (primary N) is 1. The summed E-state index contributed by atoms with van der Waals surface area (Å²) in [6.07, 6.45) is 1.79. The minimum atomic E-state index is -0.368. The average molecular weight is 378 g/mol. The van der Waals surface area contributed by atoms with E-state index in [0.29, 0.717) is 0 Å². The van der Waals surface area contributed by atoms with Gasteiger partial charge in [-0.3, -0.25) is 4.79 Å². The molecule has 4 heteroatoms. The summed E-state index contributed by atoms with van der Waals surface area (Å²) in [5.41, 5.74) is 7.99. The van der Waals surface area contributed by atoms with Crippen LogP contribution in [0.25, 0.3) is 0 Å². The molecule has 0 saturated heterocycles. The zero-order valence-electron chi connectivity index (χ0n) is 10.9. The van der Waals surface area contributed by atoms with E-state index < -0.39 is 0 Å². The van der Waals surface area contributed by atoms with Gasteiger partial charge in [-0.1, -0.05) is 24.3 Å². The van der Waals surface area contributed by atoms with Crippen molar-refractivity contribution in [3.63, 3.8) is 0 Å². The molecule has 0 atom stereocenters. The number of benzene rings is 2. The van der Waals surface area contributed by atoms with Crippen molar-refractivity contribution < 1.29 is 4.79 Å². The molecule has 0 spiro atoms. The molecule has 3 nitrogen and oxygen atoms in total. The highest BCUT2D eigenvalue weighted by molar-refractivity contribution is 14.1. The Labute approximate surface area is 131 Å². The Morgan fingerprint density at radius 1 is 1.10 bits per heavy atom. The maximum atomic E-state index is 12.6. The van der Waals surface area contributed by atoms with Crippen LogP contribution >= 0.6 is 22.6 Å². The van der Waals surface area contributed by atoms with Gasteiger partial charge in [0.2, 0.25) is 5.91 Å². The van der Waals surface area contributed by atoms with Gasteiger partial charge in [-0.25, -0.2) is 0 Å². The lowest BCUT2D eigenvalue weighted by Gasteiger charge is -2.16. The average Bonchev–Trinajstić information content (AvgIpc) is 3.24. The van der Waals surface area contributed by atoms with Crippen LogP contribution in [0.3, 0.4) is 0 Å². The Bertz CT molecular complexity index is 648. The molecular weight excluding hydrogens is 363 g/mol. The number of hydrogen-bond acceptors (Lipinski definition) is 2. The first kappa shape index (κ1) is 13.4. The SMILES string of the molecule is Nc1ccc(C2(C(=O)Nc3ccccc3I)CC2)cc1. The van der Waals surface area contributed by atoms with Gasteiger partial charge < -0.3 is 11.1 Å². The van der Waals surface area contributed by atoms with Crippen LogP contribution in [-0.2, 0) is 10.2 Å². The first-order valence-electron chi connectivity index (χ1n) is 6.54. The number of nitrogens with one attached hydrogen (secondary N) is 1. The Morgan fingerprint density at radius 2 is 1.75 bits per heavy atom. The third-order valence-electron chi connectivity index (χ3n) is 3.77. The first-order chi connectivity index (χ1) is 9.62. The van der Waals surface area contributed by atoms with Gasteiger partial charge in [0.15, 0.2) is 0 Å². The molecule has 0 aliphatic heterocycles. The highest BCUT2D eigenvalue weighted by Crippen LogP contribution is 2.49. The second-order valence-corrected chi connectivity index (χ2v) is 6.30. The van der Waals surface area contributed by atoms with Crippen LogP contribution < -0.4 is 11.1 Å². The third kappa shape index (κ3) is 2.40. The summed E-state index contributed by atoms with van der Waals surface area (Å²) in [6, 6.07) is 15.4. The number of rotatable bonds is 3. The fourth-order valence-electron chi connectivity index (χ4n) is 2.38. The van der Waals surface area contributed by atoms with E-state index in [1.807, 2.05) is 48.5 Å². The summed E-state index contributed by atoms with van der Waals surface area (Å²) in [6.45, 7) is 0. The third-order valence-corrected chi connectivity index (χ3v) is 4.71. The van der Waals surface area contributed by atoms with Crippen molar-refractivity contribution in [2.24, 2.45) is 0 Å². The fourth-order valence-corrected chi connectivity index (χ4v) is 2.90. The zero-order chi connectivity index (χ0) is 14.2. The summed E-state index contributed by atoms with van der Waals surface area (Å²) < 4.78 is 1.05. The molecule has 0 unspecified atom stereocenters. The number of amides is 1. The van der Waals surface area contributed by atoms with Crippen molar-refractivity contribution in [1.82, 2.24) is 0 Å². The van der Waals surface area contributed by atoms with Gasteiger partial charge in [-0.05, 0) is 65.3 Å². The molecule has 0 heterocycles. The predicted molar refractivity (Wildman–Crippen MR) is 89.6 cm³/mol. The number of halogens is 1. The molecular formula is C16H15IN2O. The Morgan fingerprint density at radius 3 is 2.35 bits per heavy atom. The Kier molecular flexibility index (Phi) is 3.41. The monoisotopic (exact) mass is 378 g/mol. The second kappa shape index (κ2) is 5.09. The van der Waals surface area contributed by atoms with Crippen LogP contribution in [0.4, 0.5) is 11.4 Å². The molecule has 1 saturated carbocycles. The molecule has 0 radical (unpaired) electrons. The van der Waals surface area contributed by atoms with Gasteiger partial charge in [0.05, 0.1) is 11.1 Å². The van der Waals surface area contributed by atoms with Crippen LogP contribution in [0.15, 0.2) is 48.5 Å². The van der Waals surface area contributed by atoms with E-state index in [1.165, 1.54) is 0 Å². The molecule has 2 aromatic carbocycles. The lowest BCUT2D eigenvalue weighted by atomic mass is 9.94. The molecule has 20 heavy (non-hydrogen) atoms. The normalized spacial score (nSPS) is 15.7. The zero-order valence-corrected chi connectivity index (χ0v) is 13.1. The van der Waals surface area contributed by atoms with E-state index in [1.54, 1.807) is 0 Å². The summed E-state index contributed by atoms with van der Waals surface area (Å²) in [4.78, 5) is 12.6. The number of carbonyl (C=O) groups excluding carboxylic acids is 1. The minimum absolute atomic E-state index is 0.0754. The lowest BCUT2D eigenvalue weighted by Crippen LogP contribution is -2.28. The van der Waals surface area contributed by atoms with Crippen molar-refractivity contribution >= 4 is 39.9 Å². The largest absolute Gasteiger partial charge is 0.399 e. The second-order valence-electron chi connectivity index (χ2n) is 5.14. The van der Waals surface area contributed by atoms with Crippen LogP contribution in [0, 0.1) is 3.57 Å². The first-order valence-corrected chi connectivity index (χ1v) is 7.62. The highest BCUT2D eigenvalue weighted by Gasteiger charge is 2.51. The van der Waals surface area contributed by atoms with Crippen LogP contribution in [0.1, 0.15) is 18.4 Å². The highest BCUT2D eigenvalue weighted by atomic mass is 127. The van der Waals surface area contributed by atoms with Crippen LogP contribution in [0.2, 0.25) is 0 Å². The summed E-state index contributed by atoms with van der Waals surface area (Å²) >= 11 is 2.23. The van der Waals surface area contributed by atoms with E-state index in [2.05, 4.69) is 27.9 Å². The molecule has 1 aliphatic carbocycles. The maximum absolute atomic E-state index is 12.6. The Hall–Kier alpha value is -1.56. The molecule has 102 valence electrons. The maximum Gasteiger partial charge on any atom is 0.235 e. The lowest BCUT2D eigenvalue weighted by molar-refractivity contribution is -0.118. The van der Waals surface area contributed by atoms with Gasteiger partial charge in [0, 0.05) is 9.26 Å². The number of nitrogen functional groups attached to an aromatic ring is 1. The van der Waals surface area contributed by atoms with E-state index in [0.717, 1.165) is 33.4 Å². The van der Waals surface area contributed by atoms with Crippen molar-refractivity contribution in [3.8, 4) is 0 Å². The molecule has 0 bridgehead atoms. The van der Waals surface area contributed by atoms with E-state index in [9.17, 15) is 4.79 Å². The number of anilines is 2. The van der Waals surface area contributed by atoms with Crippen molar-refractivity contribution in [1.29, 1.82) is 0 Å². The van der Waals surface area contributed by atoms with E-state index in [-0.39, 0.29) is 11.3 Å². The van der Waals surface area contributed by atoms with Gasteiger partial charge >= 0.3 is 0 Å². The quantitative estimate of drug-likeness (QED) is 0.634. The fraction of sp³-hybridized carbons (Fsp3) is 0.188. The summed E-state index contributed by atoms with van der Waals surface area (Å²) in [5, 5.41) is 3.05. The van der Waals surface area contributed by atoms with Crippen molar-refractivity contribution in [2.45, 2.75) is 18.3 Å². The summed E-state index contributed by atoms with van der Waals surface area (Å²) in [5.74, 6) is 0.0754. The molecule has 2 aromatic rings. The van der Waals surface area contributed by atoms with Gasteiger partial charge in [-0.2, -0.15) is 0 Å². The standard InChI is InChI=1S/C16H15IN2O/c17-13-3-1-2-4-14(13)19-15(20)16(9-10-16)11-5-7-12(18)8-6-11/h1-8H,9-10,18H2,(H,19,20).